The van der Waals surface area contributed by atoms with E-state index in [2.05, 4.69) is 39.9 Å². The maximum absolute atomic E-state index is 12.9. The number of hydrogen-bond acceptors (Lipinski definition) is 7. The zero-order valence-electron chi connectivity index (χ0n) is 32.4. The Kier molecular flexibility index (Phi) is 9.39. The van der Waals surface area contributed by atoms with Crippen LogP contribution in [0.2, 0.25) is 0 Å². The molecule has 0 aromatic carbocycles. The highest BCUT2D eigenvalue weighted by molar-refractivity contribution is 5.77. The third kappa shape index (κ3) is 5.63. The van der Waals surface area contributed by atoms with Gasteiger partial charge in [0.1, 0.15) is 5.54 Å². The molecule has 7 rings (SSSR count). The van der Waals surface area contributed by atoms with Gasteiger partial charge < -0.3 is 29.3 Å². The van der Waals surface area contributed by atoms with Crippen LogP contribution < -0.4 is 5.32 Å². The molecule has 2 spiro atoms. The van der Waals surface area contributed by atoms with E-state index in [1.54, 1.807) is 21.0 Å². The minimum atomic E-state index is -1.01. The number of carbonyl (C=O) groups is 2. The van der Waals surface area contributed by atoms with Crippen molar-refractivity contribution in [1.82, 2.24) is 10.2 Å². The van der Waals surface area contributed by atoms with Gasteiger partial charge in [0, 0.05) is 32.0 Å². The molecule has 3 N–H and O–H groups in total. The summed E-state index contributed by atoms with van der Waals surface area (Å²) < 4.78 is 18.9. The second kappa shape index (κ2) is 12.7. The number of morpholine rings is 1. The highest BCUT2D eigenvalue weighted by atomic mass is 16.7. The lowest BCUT2D eigenvalue weighted by Gasteiger charge is -2.64. The van der Waals surface area contributed by atoms with Gasteiger partial charge >= 0.3 is 5.97 Å². The van der Waals surface area contributed by atoms with Crippen molar-refractivity contribution in [2.45, 2.75) is 156 Å². The Morgan fingerprint density at radius 2 is 1.72 bits per heavy atom. The van der Waals surface area contributed by atoms with Crippen LogP contribution in [0.4, 0.5) is 0 Å². The molecule has 9 heteroatoms. The van der Waals surface area contributed by atoms with Crippen molar-refractivity contribution in [1.29, 1.82) is 0 Å². The number of carboxylic acid groups (broad SMARTS) is 1. The Morgan fingerprint density at radius 1 is 1.02 bits per heavy atom. The Hall–Kier alpha value is -1.26. The average Bonchev–Trinajstić information content (AvgIpc) is 3.98. The number of carboxylic acids is 1. The van der Waals surface area contributed by atoms with Crippen LogP contribution in [-0.2, 0) is 23.8 Å². The number of methoxy groups -OCH3 is 1. The van der Waals surface area contributed by atoms with Crippen LogP contribution in [0.3, 0.4) is 0 Å². The van der Waals surface area contributed by atoms with Gasteiger partial charge in [-0.1, -0.05) is 34.6 Å². The first-order valence-electron chi connectivity index (χ1n) is 20.2. The molecule has 7 aliphatic rings. The summed E-state index contributed by atoms with van der Waals surface area (Å²) in [6.07, 6.45) is 12.4. The molecule has 6 aliphatic carbocycles. The summed E-state index contributed by atoms with van der Waals surface area (Å²) in [5.74, 6) is 1.85. The molecule has 1 amide bonds. The fourth-order valence-electron chi connectivity index (χ4n) is 13.6. The van der Waals surface area contributed by atoms with E-state index in [1.807, 2.05) is 4.90 Å². The molecule has 6 saturated carbocycles. The van der Waals surface area contributed by atoms with Gasteiger partial charge in [0.2, 0.25) is 5.91 Å². The zero-order chi connectivity index (χ0) is 36.1. The lowest BCUT2D eigenvalue weighted by molar-refractivity contribution is -0.248. The van der Waals surface area contributed by atoms with E-state index < -0.39 is 11.5 Å². The molecule has 1 saturated heterocycles. The molecule has 0 radical (unpaired) electrons. The molecule has 284 valence electrons. The highest BCUT2D eigenvalue weighted by Gasteiger charge is 2.83. The lowest BCUT2D eigenvalue weighted by atomic mass is 9.41. The minimum absolute atomic E-state index is 0.0157. The number of nitrogens with one attached hydrogen (secondary N) is 1. The lowest BCUT2D eigenvalue weighted by Crippen LogP contribution is -2.60. The number of amides is 1. The summed E-state index contributed by atoms with van der Waals surface area (Å²) in [6.45, 7) is 17.9. The largest absolute Gasteiger partial charge is 0.480 e. The van der Waals surface area contributed by atoms with Crippen molar-refractivity contribution >= 4 is 11.9 Å². The summed E-state index contributed by atoms with van der Waals surface area (Å²) >= 11 is 0. The van der Waals surface area contributed by atoms with Gasteiger partial charge in [-0.2, -0.15) is 0 Å². The predicted molar refractivity (Wildman–Crippen MR) is 191 cm³/mol. The van der Waals surface area contributed by atoms with Gasteiger partial charge in [0.25, 0.3) is 0 Å². The van der Waals surface area contributed by atoms with E-state index in [0.717, 1.165) is 25.7 Å². The first kappa shape index (κ1) is 37.1. The van der Waals surface area contributed by atoms with Gasteiger partial charge in [-0.15, -0.1) is 0 Å². The van der Waals surface area contributed by atoms with Crippen molar-refractivity contribution in [2.75, 3.05) is 33.4 Å². The molecule has 0 aromatic rings. The Bertz CT molecular complexity index is 1320. The van der Waals surface area contributed by atoms with Gasteiger partial charge in [-0.25, -0.2) is 0 Å². The number of fused-ring (bicyclic) bond motifs is 2. The molecule has 7 unspecified atom stereocenters. The number of rotatable bonds is 12. The number of ether oxygens (including phenoxy) is 3. The smallest absolute Gasteiger partial charge is 0.323 e. The fraction of sp³-hybridized carbons (Fsp3) is 0.951. The topological polar surface area (TPSA) is 118 Å². The standard InChI is InChI=1S/C41H68N2O7/c1-25(19-27(48-8)22-42-37(4,5)35(46)47)28-21-31(44)39(7)30-12-11-29-36(2,3)32(13-14-40(29)24-41(30,40)16-15-38(28,39)6)50-34-23-43(17-18-49-34)33(45)20-26-9-10-26/h25-32,34,42,44H,9-24H2,1-8H3,(H,46,47)/t25-,27?,28-,29+,30?,31+,32?,34?,38?,39-,40?,41?/m1/s1. The van der Waals surface area contributed by atoms with Gasteiger partial charge in [0.05, 0.1) is 31.5 Å². The zero-order valence-corrected chi connectivity index (χ0v) is 32.4. The summed E-state index contributed by atoms with van der Waals surface area (Å²) in [4.78, 5) is 26.6. The van der Waals surface area contributed by atoms with Crippen LogP contribution in [0.1, 0.15) is 126 Å². The van der Waals surface area contributed by atoms with E-state index in [9.17, 15) is 19.8 Å². The summed E-state index contributed by atoms with van der Waals surface area (Å²) in [5, 5.41) is 25.0. The van der Waals surface area contributed by atoms with E-state index in [1.165, 1.54) is 44.9 Å². The maximum atomic E-state index is 12.9. The van der Waals surface area contributed by atoms with Crippen molar-refractivity contribution in [3.8, 4) is 0 Å². The Morgan fingerprint density at radius 3 is 2.40 bits per heavy atom. The quantitative estimate of drug-likeness (QED) is 0.219. The van der Waals surface area contributed by atoms with Crippen molar-refractivity contribution < 1.29 is 34.0 Å². The number of aliphatic hydroxyl groups is 1. The van der Waals surface area contributed by atoms with Crippen LogP contribution in [0.25, 0.3) is 0 Å². The number of aliphatic hydroxyl groups excluding tert-OH is 1. The van der Waals surface area contributed by atoms with Gasteiger partial charge in [-0.05, 0) is 136 Å². The van der Waals surface area contributed by atoms with Crippen molar-refractivity contribution in [3.63, 3.8) is 0 Å². The molecule has 12 atom stereocenters. The monoisotopic (exact) mass is 701 g/mol. The van der Waals surface area contributed by atoms with Crippen LogP contribution in [0.15, 0.2) is 0 Å². The second-order valence-electron chi connectivity index (χ2n) is 19.9. The van der Waals surface area contributed by atoms with Crippen molar-refractivity contribution in [3.05, 3.63) is 0 Å². The SMILES string of the molecule is COC(CNC(C)(C)C(=O)O)C[C@@H](C)[C@H]1C[C@H](O)[C@@]2(C)C3CC[C@H]4C(C)(C)C(OC5CN(C(=O)CC6CC6)CCO5)CCC45CC35CCC12C. The molecule has 0 bridgehead atoms. The Labute approximate surface area is 301 Å². The van der Waals surface area contributed by atoms with E-state index >= 15 is 0 Å². The van der Waals surface area contributed by atoms with Crippen LogP contribution in [0, 0.1) is 56.7 Å². The fourth-order valence-corrected chi connectivity index (χ4v) is 13.6. The van der Waals surface area contributed by atoms with Gasteiger partial charge in [0.15, 0.2) is 6.29 Å². The van der Waals surface area contributed by atoms with Crippen LogP contribution >= 0.6 is 0 Å². The first-order valence-corrected chi connectivity index (χ1v) is 20.2. The third-order valence-corrected chi connectivity index (χ3v) is 17.0. The van der Waals surface area contributed by atoms with E-state index in [0.29, 0.717) is 73.1 Å². The molecule has 1 aliphatic heterocycles. The normalized spacial score (nSPS) is 44.7. The average molecular weight is 701 g/mol. The molecule has 0 aromatic heterocycles. The highest BCUT2D eigenvalue weighted by Crippen LogP contribution is 2.89. The van der Waals surface area contributed by atoms with E-state index in [4.69, 9.17) is 14.2 Å². The molecule has 50 heavy (non-hydrogen) atoms. The molecular formula is C41H68N2O7. The second-order valence-corrected chi connectivity index (χ2v) is 19.9. The molecule has 1 heterocycles. The summed E-state index contributed by atoms with van der Waals surface area (Å²) in [6, 6.07) is 0. The number of aliphatic carboxylic acids is 1. The van der Waals surface area contributed by atoms with E-state index in [-0.39, 0.29) is 46.8 Å². The van der Waals surface area contributed by atoms with Crippen LogP contribution in [0.5, 0.6) is 0 Å². The maximum Gasteiger partial charge on any atom is 0.323 e. The molecule has 7 fully saturated rings. The number of hydrogen-bond donors (Lipinski definition) is 3. The van der Waals surface area contributed by atoms with Crippen molar-refractivity contribution in [2.24, 2.45) is 56.7 Å². The minimum Gasteiger partial charge on any atom is -0.480 e. The molecular weight excluding hydrogens is 632 g/mol. The molecule has 9 nitrogen and oxygen atoms in total. The Balaban J connectivity index is 1.03. The van der Waals surface area contributed by atoms with Crippen LogP contribution in [-0.4, -0.2) is 90.5 Å². The number of nitrogens with zero attached hydrogens (tertiary/aromatic N) is 1. The number of carbonyl (C=O) groups excluding carboxylic acids is 1. The predicted octanol–water partition coefficient (Wildman–Crippen LogP) is 6.26. The van der Waals surface area contributed by atoms with Gasteiger partial charge in [-0.3, -0.25) is 14.9 Å². The summed E-state index contributed by atoms with van der Waals surface area (Å²) in [7, 11) is 1.73. The first-order chi connectivity index (χ1) is 23.4. The summed E-state index contributed by atoms with van der Waals surface area (Å²) in [5.41, 5.74) is -0.445. The third-order valence-electron chi connectivity index (χ3n) is 17.0.